The number of rotatable bonds is 3. The molecule has 0 radical (unpaired) electrons. The maximum Gasteiger partial charge on any atom is 0.127 e. The quantitative estimate of drug-likeness (QED) is 0.669. The average molecular weight is 334 g/mol. The molecule has 1 aromatic heterocycles. The van der Waals surface area contributed by atoms with Crippen LogP contribution < -0.4 is 16.0 Å². The monoisotopic (exact) mass is 333 g/mol. The number of ether oxygens (including phenoxy) is 1. The number of hydrogen-bond donors (Lipinski definition) is 2. The summed E-state index contributed by atoms with van der Waals surface area (Å²) in [5.41, 5.74) is 6.18. The summed E-state index contributed by atoms with van der Waals surface area (Å²) < 4.78 is 6.79. The van der Waals surface area contributed by atoms with Gasteiger partial charge < -0.3 is 4.74 Å². The smallest absolute Gasteiger partial charge is 0.127 e. The summed E-state index contributed by atoms with van der Waals surface area (Å²) in [5, 5.41) is 0. The molecule has 2 heterocycles. The van der Waals surface area contributed by atoms with Gasteiger partial charge in [-0.1, -0.05) is 18.2 Å². The van der Waals surface area contributed by atoms with Gasteiger partial charge in [0.05, 0.1) is 12.6 Å². The number of hydrazine groups is 1. The van der Waals surface area contributed by atoms with Crippen molar-refractivity contribution in [1.82, 2.24) is 10.4 Å². The van der Waals surface area contributed by atoms with Crippen LogP contribution in [0.4, 0.5) is 0 Å². The van der Waals surface area contributed by atoms with E-state index in [0.29, 0.717) is 0 Å². The molecule has 5 heteroatoms. The number of benzene rings is 1. The van der Waals surface area contributed by atoms with E-state index < -0.39 is 0 Å². The Morgan fingerprint density at radius 1 is 1.35 bits per heavy atom. The van der Waals surface area contributed by atoms with Crippen molar-refractivity contribution in [3.05, 3.63) is 57.8 Å². The van der Waals surface area contributed by atoms with E-state index in [1.165, 1.54) is 5.56 Å². The lowest BCUT2D eigenvalue weighted by Gasteiger charge is -2.25. The largest absolute Gasteiger partial charge is 0.493 e. The van der Waals surface area contributed by atoms with Gasteiger partial charge in [-0.05, 0) is 46.0 Å². The summed E-state index contributed by atoms with van der Waals surface area (Å²) in [4.78, 5) is 4.21. The van der Waals surface area contributed by atoms with Crippen LogP contribution in [0.5, 0.6) is 5.75 Å². The fourth-order valence-corrected chi connectivity index (χ4v) is 2.98. The molecule has 2 aromatic rings. The Balaban J connectivity index is 2.06. The van der Waals surface area contributed by atoms with E-state index >= 15 is 0 Å². The first-order chi connectivity index (χ1) is 9.79. The Hall–Kier alpha value is -1.43. The highest BCUT2D eigenvalue weighted by Crippen LogP contribution is 2.35. The molecule has 1 aliphatic rings. The fourth-order valence-electron chi connectivity index (χ4n) is 2.59. The molecule has 4 nitrogen and oxygen atoms in total. The molecule has 0 spiro atoms. The fraction of sp³-hybridized carbons (Fsp3) is 0.267. The molecule has 1 aromatic carbocycles. The molecular formula is C15H16BrN3O. The van der Waals surface area contributed by atoms with Gasteiger partial charge in [0.25, 0.3) is 0 Å². The van der Waals surface area contributed by atoms with Gasteiger partial charge in [-0.3, -0.25) is 10.8 Å². The van der Waals surface area contributed by atoms with E-state index in [1.807, 2.05) is 12.3 Å². The second-order valence-corrected chi connectivity index (χ2v) is 5.74. The van der Waals surface area contributed by atoms with Gasteiger partial charge in [0, 0.05) is 22.4 Å². The lowest BCUT2D eigenvalue weighted by Crippen LogP contribution is -2.30. The van der Waals surface area contributed by atoms with E-state index in [2.05, 4.69) is 44.5 Å². The van der Waals surface area contributed by atoms with Crippen LogP contribution in [0.25, 0.3) is 0 Å². The standard InChI is InChI=1S/C15H16BrN3O/c16-12-7-11(8-18-9-12)14(19-17)13-5-1-3-10-4-2-6-20-15(10)13/h1,3,5,7-9,14,19H,2,4,6,17H2. The summed E-state index contributed by atoms with van der Waals surface area (Å²) >= 11 is 3.44. The maximum absolute atomic E-state index is 5.86. The lowest BCUT2D eigenvalue weighted by molar-refractivity contribution is 0.283. The van der Waals surface area contributed by atoms with Crippen molar-refractivity contribution in [2.24, 2.45) is 5.84 Å². The number of para-hydroxylation sites is 1. The van der Waals surface area contributed by atoms with Crippen molar-refractivity contribution in [2.75, 3.05) is 6.61 Å². The van der Waals surface area contributed by atoms with Gasteiger partial charge in [0.15, 0.2) is 0 Å². The van der Waals surface area contributed by atoms with Crippen molar-refractivity contribution < 1.29 is 4.74 Å². The van der Waals surface area contributed by atoms with Crippen LogP contribution in [0.2, 0.25) is 0 Å². The van der Waals surface area contributed by atoms with Crippen molar-refractivity contribution >= 4 is 15.9 Å². The zero-order valence-corrected chi connectivity index (χ0v) is 12.6. The molecule has 3 N–H and O–H groups in total. The highest BCUT2D eigenvalue weighted by molar-refractivity contribution is 9.10. The topological polar surface area (TPSA) is 60.2 Å². The van der Waals surface area contributed by atoms with E-state index in [9.17, 15) is 0 Å². The van der Waals surface area contributed by atoms with Crippen molar-refractivity contribution in [3.63, 3.8) is 0 Å². The first-order valence-electron chi connectivity index (χ1n) is 6.61. The number of hydrogen-bond acceptors (Lipinski definition) is 4. The Labute approximate surface area is 126 Å². The molecule has 1 unspecified atom stereocenters. The van der Waals surface area contributed by atoms with E-state index in [0.717, 1.165) is 40.8 Å². The molecule has 3 rings (SSSR count). The minimum atomic E-state index is -0.131. The van der Waals surface area contributed by atoms with Crippen LogP contribution in [0.1, 0.15) is 29.2 Å². The third-order valence-electron chi connectivity index (χ3n) is 3.50. The molecule has 0 saturated heterocycles. The molecule has 1 aliphatic heterocycles. The number of aromatic nitrogens is 1. The van der Waals surface area contributed by atoms with E-state index in [1.54, 1.807) is 6.20 Å². The highest BCUT2D eigenvalue weighted by atomic mass is 79.9. The molecule has 0 bridgehead atoms. The van der Waals surface area contributed by atoms with Gasteiger partial charge in [0.2, 0.25) is 0 Å². The SMILES string of the molecule is NNC(c1cncc(Br)c1)c1cccc2c1OCCC2. The van der Waals surface area contributed by atoms with Crippen LogP contribution in [0.3, 0.4) is 0 Å². The Morgan fingerprint density at radius 3 is 3.05 bits per heavy atom. The summed E-state index contributed by atoms with van der Waals surface area (Å²) in [5.74, 6) is 6.73. The van der Waals surface area contributed by atoms with Gasteiger partial charge in [-0.15, -0.1) is 0 Å². The third-order valence-corrected chi connectivity index (χ3v) is 3.93. The van der Waals surface area contributed by atoms with Crippen LogP contribution in [0, 0.1) is 0 Å². The van der Waals surface area contributed by atoms with Crippen molar-refractivity contribution in [2.45, 2.75) is 18.9 Å². The second kappa shape index (κ2) is 5.91. The zero-order chi connectivity index (χ0) is 13.9. The van der Waals surface area contributed by atoms with Gasteiger partial charge in [-0.25, -0.2) is 5.43 Å². The van der Waals surface area contributed by atoms with E-state index in [4.69, 9.17) is 10.6 Å². The zero-order valence-electron chi connectivity index (χ0n) is 11.0. The van der Waals surface area contributed by atoms with Crippen molar-refractivity contribution in [3.8, 4) is 5.75 Å². The Bertz CT molecular complexity index is 618. The third kappa shape index (κ3) is 2.57. The van der Waals surface area contributed by atoms with Crippen LogP contribution in [-0.4, -0.2) is 11.6 Å². The molecule has 20 heavy (non-hydrogen) atoms. The molecule has 104 valence electrons. The normalized spacial score (nSPS) is 15.3. The van der Waals surface area contributed by atoms with Gasteiger partial charge in [0.1, 0.15) is 5.75 Å². The molecule has 0 fully saturated rings. The lowest BCUT2D eigenvalue weighted by atomic mass is 9.95. The van der Waals surface area contributed by atoms with Crippen LogP contribution >= 0.6 is 15.9 Å². The molecule has 0 saturated carbocycles. The predicted octanol–water partition coefficient (Wildman–Crippen LogP) is 2.72. The molecule has 1 atom stereocenters. The summed E-state index contributed by atoms with van der Waals surface area (Å²) in [6.45, 7) is 0.762. The number of aryl methyl sites for hydroxylation is 1. The van der Waals surface area contributed by atoms with Crippen LogP contribution in [-0.2, 0) is 6.42 Å². The number of fused-ring (bicyclic) bond motifs is 1. The minimum absolute atomic E-state index is 0.131. The van der Waals surface area contributed by atoms with Crippen molar-refractivity contribution in [1.29, 1.82) is 0 Å². The Kier molecular flexibility index (Phi) is 4.00. The number of nitrogens with one attached hydrogen (secondary N) is 1. The minimum Gasteiger partial charge on any atom is -0.493 e. The summed E-state index contributed by atoms with van der Waals surface area (Å²) in [6, 6.07) is 8.10. The summed E-state index contributed by atoms with van der Waals surface area (Å²) in [6.07, 6.45) is 5.69. The maximum atomic E-state index is 5.86. The first-order valence-corrected chi connectivity index (χ1v) is 7.40. The highest BCUT2D eigenvalue weighted by Gasteiger charge is 2.21. The number of halogens is 1. The first kappa shape index (κ1) is 13.5. The van der Waals surface area contributed by atoms with Gasteiger partial charge >= 0.3 is 0 Å². The molecule has 0 amide bonds. The average Bonchev–Trinajstić information content (AvgIpc) is 2.48. The molecule has 0 aliphatic carbocycles. The number of nitrogens with zero attached hydrogens (tertiary/aromatic N) is 1. The number of pyridine rings is 1. The summed E-state index contributed by atoms with van der Waals surface area (Å²) in [7, 11) is 0. The van der Waals surface area contributed by atoms with Crippen LogP contribution in [0.15, 0.2) is 41.1 Å². The van der Waals surface area contributed by atoms with E-state index in [-0.39, 0.29) is 6.04 Å². The van der Waals surface area contributed by atoms with Gasteiger partial charge in [-0.2, -0.15) is 0 Å². The number of nitrogens with two attached hydrogens (primary N) is 1. The second-order valence-electron chi connectivity index (χ2n) is 4.82. The molecular weight excluding hydrogens is 318 g/mol. The Morgan fingerprint density at radius 2 is 2.25 bits per heavy atom. The predicted molar refractivity (Wildman–Crippen MR) is 81.4 cm³/mol.